The summed E-state index contributed by atoms with van der Waals surface area (Å²) in [5, 5.41) is 10.2. The molecule has 0 aromatic heterocycles. The number of amidine groups is 1. The van der Waals surface area contributed by atoms with Gasteiger partial charge in [0.2, 0.25) is 5.91 Å². The lowest BCUT2D eigenvalue weighted by Gasteiger charge is -2.48. The number of para-hydroxylation sites is 1. The van der Waals surface area contributed by atoms with Crippen LogP contribution in [0.25, 0.3) is 0 Å². The summed E-state index contributed by atoms with van der Waals surface area (Å²) in [5.41, 5.74) is 1.97. The average molecular weight is 550 g/mol. The highest BCUT2D eigenvalue weighted by Gasteiger charge is 2.48. The monoisotopic (exact) mass is 548 g/mol. The molecule has 2 amide bonds. The number of thioether (sulfide) groups is 1. The summed E-state index contributed by atoms with van der Waals surface area (Å²) in [6.07, 6.45) is 1.24. The second kappa shape index (κ2) is 9.79. The van der Waals surface area contributed by atoms with E-state index in [-0.39, 0.29) is 18.2 Å². The molecule has 0 radical (unpaired) electrons. The maximum absolute atomic E-state index is 13.3. The maximum atomic E-state index is 13.3. The van der Waals surface area contributed by atoms with Gasteiger partial charge in [-0.25, -0.2) is 0 Å². The van der Waals surface area contributed by atoms with E-state index in [0.29, 0.717) is 43.0 Å². The Balaban J connectivity index is 2.01. The van der Waals surface area contributed by atoms with E-state index in [4.69, 9.17) is 21.4 Å². The molecule has 2 aromatic carbocycles. The van der Waals surface area contributed by atoms with Crippen LogP contribution in [0.2, 0.25) is 5.02 Å². The number of methoxy groups -OCH3 is 1. The van der Waals surface area contributed by atoms with E-state index in [0.717, 1.165) is 0 Å². The van der Waals surface area contributed by atoms with Gasteiger partial charge < -0.3 is 10.1 Å². The quantitative estimate of drug-likeness (QED) is 0.517. The lowest BCUT2D eigenvalue weighted by molar-refractivity contribution is -0.130. The summed E-state index contributed by atoms with van der Waals surface area (Å²) in [6, 6.07) is 10.1. The average Bonchev–Trinajstić information content (AvgIpc) is 2.80. The molecule has 0 unspecified atom stereocenters. The predicted molar refractivity (Wildman–Crippen MR) is 135 cm³/mol. The molecule has 10 heteroatoms. The summed E-state index contributed by atoms with van der Waals surface area (Å²) < 4.78 is 6.33. The molecule has 2 atom stereocenters. The van der Waals surface area contributed by atoms with Crippen LogP contribution in [0.5, 0.6) is 5.75 Å². The van der Waals surface area contributed by atoms with Crippen LogP contribution in [-0.2, 0) is 9.59 Å². The summed E-state index contributed by atoms with van der Waals surface area (Å²) >= 11 is 11.3. The molecule has 0 bridgehead atoms. The Morgan fingerprint density at radius 1 is 1.36 bits per heavy atom. The Morgan fingerprint density at radius 3 is 2.82 bits per heavy atom. The Morgan fingerprint density at radius 2 is 2.12 bits per heavy atom. The molecule has 172 valence electrons. The van der Waals surface area contributed by atoms with E-state index in [9.17, 15) is 9.59 Å². The van der Waals surface area contributed by atoms with E-state index >= 15 is 0 Å². The summed E-state index contributed by atoms with van der Waals surface area (Å²) in [4.78, 5) is 28.3. The van der Waals surface area contributed by atoms with Gasteiger partial charge in [-0.1, -0.05) is 54.6 Å². The number of nitrogens with zero attached hydrogens (tertiary/aromatic N) is 3. The van der Waals surface area contributed by atoms with Gasteiger partial charge in [-0.05, 0) is 34.1 Å². The van der Waals surface area contributed by atoms with Crippen molar-refractivity contribution >= 4 is 62.0 Å². The molecule has 2 heterocycles. The number of hydrogen-bond acceptors (Lipinski definition) is 6. The number of fused-ring (bicyclic) bond motifs is 3. The van der Waals surface area contributed by atoms with Gasteiger partial charge in [0.05, 0.1) is 17.3 Å². The van der Waals surface area contributed by atoms with Gasteiger partial charge in [-0.2, -0.15) is 0 Å². The van der Waals surface area contributed by atoms with E-state index in [1.54, 1.807) is 42.2 Å². The van der Waals surface area contributed by atoms with E-state index < -0.39 is 12.2 Å². The van der Waals surface area contributed by atoms with Crippen LogP contribution in [0.4, 0.5) is 5.69 Å². The van der Waals surface area contributed by atoms with Crippen LogP contribution in [-0.4, -0.2) is 34.9 Å². The largest absolute Gasteiger partial charge is 0.495 e. The Labute approximate surface area is 209 Å². The van der Waals surface area contributed by atoms with Crippen molar-refractivity contribution in [1.29, 1.82) is 0 Å². The van der Waals surface area contributed by atoms with Crippen molar-refractivity contribution in [3.8, 4) is 5.75 Å². The first kappa shape index (κ1) is 23.7. The lowest BCUT2D eigenvalue weighted by atomic mass is 9.94. The topological polar surface area (TPSA) is 74.2 Å². The van der Waals surface area contributed by atoms with E-state index in [2.05, 4.69) is 27.8 Å². The van der Waals surface area contributed by atoms with E-state index in [1.807, 2.05) is 24.3 Å². The minimum absolute atomic E-state index is 0.120. The fourth-order valence-electron chi connectivity index (χ4n) is 4.06. The molecular formula is C23H22BrClN4O3S. The molecule has 2 aliphatic rings. The molecule has 0 saturated carbocycles. The number of rotatable bonds is 5. The third-order valence-corrected chi connectivity index (χ3v) is 7.03. The van der Waals surface area contributed by atoms with Gasteiger partial charge in [0.25, 0.3) is 5.91 Å². The standard InChI is InChI=1S/C23H22BrClN4O3S/c1-4-10-33-23-26-21(31)19-14-8-6-7-9-17(14)28(18(30)5-2)22(29(19)27-23)15-11-13(25)12-16(24)20(15)32-3/h4,6-9,11-12,19,22H,1,5,10H2,2-3H3,(H,26,27,31)/t19-,22+/m0/s1. The number of ether oxygens (including phenoxy) is 1. The van der Waals surface area contributed by atoms with Crippen molar-refractivity contribution in [2.45, 2.75) is 25.6 Å². The van der Waals surface area contributed by atoms with Gasteiger partial charge in [-0.15, -0.1) is 11.7 Å². The third-order valence-electron chi connectivity index (χ3n) is 5.36. The first-order chi connectivity index (χ1) is 15.9. The molecule has 4 rings (SSSR count). The van der Waals surface area contributed by atoms with Crippen molar-refractivity contribution in [1.82, 2.24) is 10.3 Å². The van der Waals surface area contributed by atoms with Crippen LogP contribution < -0.4 is 15.0 Å². The first-order valence-corrected chi connectivity index (χ1v) is 12.4. The highest BCUT2D eigenvalue weighted by Crippen LogP contribution is 2.50. The van der Waals surface area contributed by atoms with Gasteiger partial charge in [-0.3, -0.25) is 19.5 Å². The molecule has 7 nitrogen and oxygen atoms in total. The van der Waals surface area contributed by atoms with Crippen molar-refractivity contribution < 1.29 is 14.3 Å². The molecule has 2 aromatic rings. The van der Waals surface area contributed by atoms with Crippen LogP contribution in [0.15, 0.2) is 58.6 Å². The lowest BCUT2D eigenvalue weighted by Crippen LogP contribution is -2.55. The molecule has 0 spiro atoms. The molecule has 0 aliphatic carbocycles. The molecule has 2 aliphatic heterocycles. The van der Waals surface area contributed by atoms with Crippen LogP contribution in [0, 0.1) is 0 Å². The van der Waals surface area contributed by atoms with Crippen LogP contribution in [0.3, 0.4) is 0 Å². The SMILES string of the molecule is C=CCSC1=NN2[C@H](C(=O)N1)c1ccccc1N(C(=O)CC)[C@H]2c1cc(Cl)cc(Br)c1OC. The van der Waals surface area contributed by atoms with Crippen molar-refractivity contribution in [2.24, 2.45) is 5.10 Å². The molecule has 0 saturated heterocycles. The van der Waals surface area contributed by atoms with Crippen molar-refractivity contribution in [2.75, 3.05) is 17.8 Å². The number of carbonyl (C=O) groups excluding carboxylic acids is 2. The number of nitrogens with one attached hydrogen (secondary N) is 1. The minimum atomic E-state index is -0.757. The van der Waals surface area contributed by atoms with Crippen molar-refractivity contribution in [3.63, 3.8) is 0 Å². The zero-order chi connectivity index (χ0) is 23.7. The van der Waals surface area contributed by atoms with Crippen LogP contribution >= 0.6 is 39.3 Å². The van der Waals surface area contributed by atoms with Crippen LogP contribution in [0.1, 0.15) is 36.7 Å². The van der Waals surface area contributed by atoms with E-state index in [1.165, 1.54) is 11.8 Å². The highest BCUT2D eigenvalue weighted by atomic mass is 79.9. The van der Waals surface area contributed by atoms with Gasteiger partial charge in [0.15, 0.2) is 17.4 Å². The number of hydrogen-bond donors (Lipinski definition) is 1. The zero-order valence-electron chi connectivity index (χ0n) is 18.0. The fourth-order valence-corrected chi connectivity index (χ4v) is 5.66. The smallest absolute Gasteiger partial charge is 0.255 e. The van der Waals surface area contributed by atoms with Gasteiger partial charge >= 0.3 is 0 Å². The Kier molecular flexibility index (Phi) is 7.02. The summed E-state index contributed by atoms with van der Waals surface area (Å²) in [6.45, 7) is 5.54. The highest BCUT2D eigenvalue weighted by molar-refractivity contribution is 9.10. The second-order valence-corrected chi connectivity index (χ2v) is 9.64. The predicted octanol–water partition coefficient (Wildman–Crippen LogP) is 5.23. The number of halogens is 2. The zero-order valence-corrected chi connectivity index (χ0v) is 21.2. The third kappa shape index (κ3) is 4.25. The Bertz CT molecular complexity index is 1160. The maximum Gasteiger partial charge on any atom is 0.255 e. The molecule has 33 heavy (non-hydrogen) atoms. The fraction of sp³-hybridized carbons (Fsp3) is 0.261. The molecule has 1 N–H and O–H groups in total. The number of benzene rings is 2. The number of hydrazone groups is 1. The van der Waals surface area contributed by atoms with Gasteiger partial charge in [0.1, 0.15) is 5.75 Å². The summed E-state index contributed by atoms with van der Waals surface area (Å²) in [7, 11) is 1.55. The first-order valence-electron chi connectivity index (χ1n) is 10.3. The van der Waals surface area contributed by atoms with Crippen molar-refractivity contribution in [3.05, 3.63) is 69.7 Å². The Hall–Kier alpha value is -2.49. The minimum Gasteiger partial charge on any atom is -0.495 e. The molecule has 0 fully saturated rings. The summed E-state index contributed by atoms with van der Waals surface area (Å²) in [5.74, 6) is 0.740. The number of amides is 2. The number of anilines is 1. The normalized spacial score (nSPS) is 19.3. The number of carbonyl (C=O) groups is 2. The second-order valence-electron chi connectivity index (χ2n) is 7.34. The molecular weight excluding hydrogens is 528 g/mol. The van der Waals surface area contributed by atoms with Gasteiger partial charge in [0, 0.05) is 28.3 Å².